The number of sulfonamides is 1. The fourth-order valence-electron chi connectivity index (χ4n) is 3.97. The molecular weight excluding hydrogens is 569 g/mol. The highest BCUT2D eigenvalue weighted by molar-refractivity contribution is 7.92. The van der Waals surface area contributed by atoms with Crippen molar-refractivity contribution in [2.45, 2.75) is 64.6 Å². The van der Waals surface area contributed by atoms with Gasteiger partial charge in [0.1, 0.15) is 12.6 Å². The van der Waals surface area contributed by atoms with Crippen molar-refractivity contribution < 1.29 is 18.0 Å². The Balaban J connectivity index is 2.04. The molecule has 7 nitrogen and oxygen atoms in total. The van der Waals surface area contributed by atoms with Gasteiger partial charge in [-0.25, -0.2) is 8.42 Å². The quantitative estimate of drug-likeness (QED) is 0.318. The summed E-state index contributed by atoms with van der Waals surface area (Å²) < 4.78 is 28.8. The van der Waals surface area contributed by atoms with Gasteiger partial charge in [-0.1, -0.05) is 64.7 Å². The third kappa shape index (κ3) is 7.99. The molecule has 0 saturated carbocycles. The maximum Gasteiger partial charge on any atom is 0.264 e. The fourth-order valence-corrected chi connectivity index (χ4v) is 5.70. The Morgan fingerprint density at radius 1 is 0.875 bits per heavy atom. The third-order valence-electron chi connectivity index (χ3n) is 6.21. The number of carbonyl (C=O) groups excluding carboxylic acids is 2. The van der Waals surface area contributed by atoms with Crippen LogP contribution < -0.4 is 9.62 Å². The highest BCUT2D eigenvalue weighted by atomic mass is 35.5. The number of rotatable bonds is 9. The molecule has 0 heterocycles. The summed E-state index contributed by atoms with van der Waals surface area (Å²) in [5.74, 6) is -0.928. The van der Waals surface area contributed by atoms with E-state index in [1.165, 1.54) is 17.0 Å². The van der Waals surface area contributed by atoms with Gasteiger partial charge in [-0.15, -0.1) is 0 Å². The summed E-state index contributed by atoms with van der Waals surface area (Å²) >= 11 is 12.3. The molecule has 1 atom stereocenters. The summed E-state index contributed by atoms with van der Waals surface area (Å²) in [5.41, 5.74) is 2.29. The summed E-state index contributed by atoms with van der Waals surface area (Å²) in [4.78, 5) is 28.6. The number of anilines is 1. The molecule has 2 amide bonds. The van der Waals surface area contributed by atoms with Crippen LogP contribution in [0, 0.1) is 13.8 Å². The zero-order valence-corrected chi connectivity index (χ0v) is 25.9. The van der Waals surface area contributed by atoms with Crippen LogP contribution in [-0.4, -0.2) is 43.3 Å². The topological polar surface area (TPSA) is 86.8 Å². The second kappa shape index (κ2) is 12.6. The second-order valence-electron chi connectivity index (χ2n) is 10.8. The van der Waals surface area contributed by atoms with E-state index in [0.717, 1.165) is 15.4 Å². The summed E-state index contributed by atoms with van der Waals surface area (Å²) in [7, 11) is -4.13. The molecule has 0 saturated heterocycles. The van der Waals surface area contributed by atoms with Crippen molar-refractivity contribution in [3.05, 3.63) is 93.5 Å². The van der Waals surface area contributed by atoms with Gasteiger partial charge in [0, 0.05) is 12.1 Å². The van der Waals surface area contributed by atoms with E-state index in [-0.39, 0.29) is 17.3 Å². The average molecular weight is 605 g/mol. The molecule has 0 spiro atoms. The monoisotopic (exact) mass is 603 g/mol. The van der Waals surface area contributed by atoms with Gasteiger partial charge in [-0.05, 0) is 83.5 Å². The van der Waals surface area contributed by atoms with Gasteiger partial charge in [-0.3, -0.25) is 13.9 Å². The molecule has 214 valence electrons. The first kappa shape index (κ1) is 31.5. The van der Waals surface area contributed by atoms with E-state index >= 15 is 0 Å². The number of amides is 2. The van der Waals surface area contributed by atoms with Crippen LogP contribution in [0.15, 0.2) is 71.6 Å². The van der Waals surface area contributed by atoms with Crippen molar-refractivity contribution in [3.63, 3.8) is 0 Å². The van der Waals surface area contributed by atoms with E-state index in [2.05, 4.69) is 5.32 Å². The van der Waals surface area contributed by atoms with Crippen molar-refractivity contribution in [1.82, 2.24) is 10.2 Å². The Hall–Kier alpha value is -3.07. The van der Waals surface area contributed by atoms with E-state index in [9.17, 15) is 18.0 Å². The minimum absolute atomic E-state index is 0.0147. The van der Waals surface area contributed by atoms with Crippen LogP contribution in [0.25, 0.3) is 0 Å². The lowest BCUT2D eigenvalue weighted by Gasteiger charge is -2.33. The summed E-state index contributed by atoms with van der Waals surface area (Å²) in [6, 6.07) is 17.4. The number of halogens is 2. The lowest BCUT2D eigenvalue weighted by Crippen LogP contribution is -2.54. The summed E-state index contributed by atoms with van der Waals surface area (Å²) in [6.07, 6.45) is 0. The Morgan fingerprint density at radius 2 is 1.43 bits per heavy atom. The van der Waals surface area contributed by atoms with Crippen LogP contribution in [0.2, 0.25) is 10.0 Å². The summed E-state index contributed by atoms with van der Waals surface area (Å²) in [6.45, 7) is 10.4. The van der Waals surface area contributed by atoms with Crippen molar-refractivity contribution in [2.24, 2.45) is 0 Å². The van der Waals surface area contributed by atoms with Gasteiger partial charge in [0.2, 0.25) is 11.8 Å². The Bertz CT molecular complexity index is 1470. The molecule has 0 bridgehead atoms. The third-order valence-corrected chi connectivity index (χ3v) is 8.74. The van der Waals surface area contributed by atoms with E-state index < -0.39 is 34.1 Å². The average Bonchev–Trinajstić information content (AvgIpc) is 2.87. The van der Waals surface area contributed by atoms with Gasteiger partial charge in [0.25, 0.3) is 10.0 Å². The molecule has 0 aromatic heterocycles. The molecule has 0 radical (unpaired) electrons. The highest BCUT2D eigenvalue weighted by Gasteiger charge is 2.33. The van der Waals surface area contributed by atoms with Crippen LogP contribution in [0.5, 0.6) is 0 Å². The lowest BCUT2D eigenvalue weighted by atomic mass is 10.1. The first-order valence-corrected chi connectivity index (χ1v) is 15.0. The molecule has 0 fully saturated rings. The molecule has 0 aliphatic heterocycles. The van der Waals surface area contributed by atoms with Crippen molar-refractivity contribution >= 4 is 50.7 Å². The normalized spacial score (nSPS) is 12.5. The van der Waals surface area contributed by atoms with Crippen molar-refractivity contribution in [2.75, 3.05) is 10.8 Å². The second-order valence-corrected chi connectivity index (χ2v) is 13.5. The van der Waals surface area contributed by atoms with Crippen molar-refractivity contribution in [3.8, 4) is 0 Å². The first-order valence-electron chi connectivity index (χ1n) is 12.8. The van der Waals surface area contributed by atoms with E-state index in [4.69, 9.17) is 23.2 Å². The maximum atomic E-state index is 14.0. The van der Waals surface area contributed by atoms with Gasteiger partial charge in [-0.2, -0.15) is 0 Å². The lowest BCUT2D eigenvalue weighted by molar-refractivity contribution is -0.140. The van der Waals surface area contributed by atoms with E-state index in [1.807, 2.05) is 34.6 Å². The number of benzene rings is 3. The fraction of sp³-hybridized carbons (Fsp3) is 0.333. The molecule has 3 aromatic rings. The predicted octanol–water partition coefficient (Wildman–Crippen LogP) is 6.14. The molecule has 0 aliphatic carbocycles. The number of carbonyl (C=O) groups is 2. The van der Waals surface area contributed by atoms with E-state index in [0.29, 0.717) is 21.3 Å². The minimum atomic E-state index is -4.13. The number of nitrogens with zero attached hydrogens (tertiary/aromatic N) is 2. The molecule has 0 aliphatic rings. The smallest absolute Gasteiger partial charge is 0.264 e. The van der Waals surface area contributed by atoms with Crippen LogP contribution in [-0.2, 0) is 26.2 Å². The molecular formula is C30H35Cl2N3O4S. The predicted molar refractivity (Wildman–Crippen MR) is 161 cm³/mol. The zero-order chi connectivity index (χ0) is 29.8. The Kier molecular flexibility index (Phi) is 9.93. The Morgan fingerprint density at radius 3 is 1.95 bits per heavy atom. The zero-order valence-electron chi connectivity index (χ0n) is 23.5. The molecule has 3 aromatic carbocycles. The molecule has 40 heavy (non-hydrogen) atoms. The molecule has 0 unspecified atom stereocenters. The Labute approximate surface area is 247 Å². The molecule has 3 rings (SSSR count). The molecule has 1 N–H and O–H groups in total. The van der Waals surface area contributed by atoms with Crippen LogP contribution in [0.1, 0.15) is 44.4 Å². The molecule has 10 heteroatoms. The van der Waals surface area contributed by atoms with Crippen LogP contribution in [0.3, 0.4) is 0 Å². The largest absolute Gasteiger partial charge is 0.350 e. The standard InChI is InChI=1S/C30H35Cl2N3O4S/c1-20-7-12-24(13-8-20)35(40(38,39)25-14-9-21(2)10-15-25)19-28(36)34(22(3)29(37)33-30(4,5)6)18-23-11-16-26(31)27(32)17-23/h7-17,22H,18-19H2,1-6H3,(H,33,37)/t22-/m0/s1. The van der Waals surface area contributed by atoms with Gasteiger partial charge >= 0.3 is 0 Å². The number of hydrogen-bond acceptors (Lipinski definition) is 4. The number of aryl methyl sites for hydroxylation is 2. The first-order chi connectivity index (χ1) is 18.6. The highest BCUT2D eigenvalue weighted by Crippen LogP contribution is 2.27. The van der Waals surface area contributed by atoms with Gasteiger partial charge in [0.15, 0.2) is 0 Å². The number of hydrogen-bond donors (Lipinski definition) is 1. The minimum Gasteiger partial charge on any atom is -0.350 e. The number of nitrogens with one attached hydrogen (secondary N) is 1. The summed E-state index contributed by atoms with van der Waals surface area (Å²) in [5, 5.41) is 3.57. The van der Waals surface area contributed by atoms with Crippen LogP contribution >= 0.6 is 23.2 Å². The SMILES string of the molecule is Cc1ccc(N(CC(=O)N(Cc2ccc(Cl)c(Cl)c2)[C@@H](C)C(=O)NC(C)(C)C)S(=O)(=O)c2ccc(C)cc2)cc1. The van der Waals surface area contributed by atoms with Gasteiger partial charge in [0.05, 0.1) is 20.6 Å². The maximum absolute atomic E-state index is 14.0. The van der Waals surface area contributed by atoms with Gasteiger partial charge < -0.3 is 10.2 Å². The van der Waals surface area contributed by atoms with Crippen molar-refractivity contribution in [1.29, 1.82) is 0 Å². The van der Waals surface area contributed by atoms with Crippen LogP contribution in [0.4, 0.5) is 5.69 Å². The van der Waals surface area contributed by atoms with E-state index in [1.54, 1.807) is 61.5 Å².